The molecule has 0 fully saturated rings. The number of anilines is 1. The van der Waals surface area contributed by atoms with Crippen molar-refractivity contribution in [2.45, 2.75) is 4.90 Å². The molecule has 126 valence electrons. The Kier molecular flexibility index (Phi) is 4.02. The summed E-state index contributed by atoms with van der Waals surface area (Å²) < 4.78 is 27.7. The average molecular weight is 387 g/mol. The van der Waals surface area contributed by atoms with Crippen LogP contribution >= 0.6 is 22.9 Å². The van der Waals surface area contributed by atoms with Gasteiger partial charge < -0.3 is 5.11 Å². The van der Waals surface area contributed by atoms with Gasteiger partial charge in [-0.1, -0.05) is 17.7 Å². The van der Waals surface area contributed by atoms with Gasteiger partial charge in [-0.05, 0) is 12.1 Å². The van der Waals surface area contributed by atoms with E-state index < -0.39 is 21.7 Å². The number of likely N-dealkylation sites (N-methyl/N-ethyl adjacent to an activating group) is 1. The number of halogens is 1. The molecule has 0 atom stereocenters. The maximum absolute atomic E-state index is 12.6. The van der Waals surface area contributed by atoms with Crippen molar-refractivity contribution >= 4 is 50.4 Å². The number of nitrogens with one attached hydrogen (secondary N) is 1. The average Bonchev–Trinajstić information content (AvgIpc) is 2.91. The Labute approximate surface area is 147 Å². The molecule has 3 heterocycles. The molecular formula is C14H13ClN3O4S2+. The van der Waals surface area contributed by atoms with E-state index in [9.17, 15) is 18.3 Å². The molecule has 2 aromatic heterocycles. The number of aryl methyl sites for hydroxylation is 1. The van der Waals surface area contributed by atoms with Gasteiger partial charge >= 0.3 is 5.91 Å². The Morgan fingerprint density at radius 1 is 1.42 bits per heavy atom. The number of rotatable bonds is 2. The van der Waals surface area contributed by atoms with E-state index in [1.165, 1.54) is 13.1 Å². The maximum Gasteiger partial charge on any atom is 0.360 e. The van der Waals surface area contributed by atoms with Crippen LogP contribution < -0.4 is 9.88 Å². The molecule has 0 aliphatic carbocycles. The zero-order valence-electron chi connectivity index (χ0n) is 12.6. The molecule has 0 saturated carbocycles. The molecule has 0 saturated heterocycles. The fraction of sp³-hybridized carbons (Fsp3) is 0.143. The lowest BCUT2D eigenvalue weighted by molar-refractivity contribution is -0.657. The molecule has 24 heavy (non-hydrogen) atoms. The molecule has 3 rings (SSSR count). The lowest BCUT2D eigenvalue weighted by Crippen LogP contribution is -2.39. The van der Waals surface area contributed by atoms with Crippen LogP contribution in [0.5, 0.6) is 0 Å². The number of carbonyl (C=O) groups excluding carboxylic acids is 1. The highest BCUT2D eigenvalue weighted by molar-refractivity contribution is 7.89. The Bertz CT molecular complexity index is 982. The van der Waals surface area contributed by atoms with Crippen LogP contribution in [0.15, 0.2) is 41.1 Å². The Morgan fingerprint density at radius 2 is 2.12 bits per heavy atom. The topological polar surface area (TPSA) is 90.6 Å². The second kappa shape index (κ2) is 5.76. The predicted molar refractivity (Wildman–Crippen MR) is 90.1 cm³/mol. The van der Waals surface area contributed by atoms with E-state index in [1.807, 2.05) is 0 Å². The number of fused-ring (bicyclic) bond motifs is 1. The van der Waals surface area contributed by atoms with Crippen LogP contribution in [0.25, 0.3) is 5.76 Å². The molecule has 1 aliphatic heterocycles. The Balaban J connectivity index is 2.09. The van der Waals surface area contributed by atoms with Gasteiger partial charge in [-0.25, -0.2) is 23.1 Å². The van der Waals surface area contributed by atoms with Crippen molar-refractivity contribution in [1.82, 2.24) is 4.31 Å². The third kappa shape index (κ3) is 2.54. The summed E-state index contributed by atoms with van der Waals surface area (Å²) in [6.07, 6.45) is 1.72. The molecule has 1 aliphatic rings. The summed E-state index contributed by atoms with van der Waals surface area (Å²) in [4.78, 5) is 12.5. The largest absolute Gasteiger partial charge is 0.504 e. The molecule has 2 N–H and O–H groups in total. The van der Waals surface area contributed by atoms with E-state index in [4.69, 9.17) is 11.6 Å². The minimum atomic E-state index is -3.96. The van der Waals surface area contributed by atoms with E-state index in [-0.39, 0.29) is 19.8 Å². The molecule has 10 heteroatoms. The van der Waals surface area contributed by atoms with Gasteiger partial charge in [0.25, 0.3) is 15.8 Å². The van der Waals surface area contributed by atoms with E-state index in [1.54, 1.807) is 36.0 Å². The molecule has 1 amide bonds. The molecule has 0 spiro atoms. The summed E-state index contributed by atoms with van der Waals surface area (Å²) in [5, 5.41) is 13.0. The van der Waals surface area contributed by atoms with Crippen molar-refractivity contribution in [2.24, 2.45) is 7.05 Å². The fourth-order valence-electron chi connectivity index (χ4n) is 2.31. The van der Waals surface area contributed by atoms with Gasteiger partial charge in [-0.15, -0.1) is 11.3 Å². The third-order valence-electron chi connectivity index (χ3n) is 3.57. The highest BCUT2D eigenvalue weighted by Crippen LogP contribution is 2.41. The second-order valence-electron chi connectivity index (χ2n) is 5.06. The van der Waals surface area contributed by atoms with Gasteiger partial charge in [-0.3, -0.25) is 4.31 Å². The molecular weight excluding hydrogens is 374 g/mol. The number of amides is 1. The van der Waals surface area contributed by atoms with Gasteiger partial charge in [0.1, 0.15) is 4.90 Å². The lowest BCUT2D eigenvalue weighted by Gasteiger charge is -2.25. The summed E-state index contributed by atoms with van der Waals surface area (Å²) in [5.41, 5.74) is -0.357. The highest BCUT2D eigenvalue weighted by Gasteiger charge is 2.41. The number of hydrogen-bond donors (Lipinski definition) is 2. The molecule has 0 unspecified atom stereocenters. The lowest BCUT2D eigenvalue weighted by atomic mass is 10.2. The quantitative estimate of drug-likeness (QED) is 0.769. The smallest absolute Gasteiger partial charge is 0.360 e. The maximum atomic E-state index is 12.6. The first kappa shape index (κ1) is 16.7. The highest BCUT2D eigenvalue weighted by atomic mass is 35.5. The van der Waals surface area contributed by atoms with Crippen molar-refractivity contribution in [3.8, 4) is 0 Å². The summed E-state index contributed by atoms with van der Waals surface area (Å²) in [5.74, 6) is -0.713. The number of carbonyl (C=O) groups is 1. The van der Waals surface area contributed by atoms with Gasteiger partial charge in [0.2, 0.25) is 0 Å². The van der Waals surface area contributed by atoms with E-state index in [2.05, 4.69) is 5.32 Å². The first-order valence-electron chi connectivity index (χ1n) is 6.71. The van der Waals surface area contributed by atoms with E-state index in [0.29, 0.717) is 5.82 Å². The van der Waals surface area contributed by atoms with Crippen molar-refractivity contribution in [2.75, 3.05) is 12.4 Å². The Hall–Kier alpha value is -2.10. The van der Waals surface area contributed by atoms with Crippen LogP contribution in [-0.4, -0.2) is 30.8 Å². The number of aliphatic hydroxyl groups excluding tert-OH is 1. The molecule has 0 bridgehead atoms. The number of sulfonamides is 1. The summed E-state index contributed by atoms with van der Waals surface area (Å²) in [7, 11) is -1.02. The molecule has 2 aromatic rings. The minimum absolute atomic E-state index is 0.0562. The number of aliphatic hydroxyl groups is 1. The van der Waals surface area contributed by atoms with Crippen molar-refractivity contribution in [1.29, 1.82) is 0 Å². The first-order valence-corrected chi connectivity index (χ1v) is 9.35. The molecule has 0 aromatic carbocycles. The van der Waals surface area contributed by atoms with Crippen molar-refractivity contribution < 1.29 is 22.9 Å². The number of thiophene rings is 1. The monoisotopic (exact) mass is 386 g/mol. The SMILES string of the molecule is CN1C(C(=O)Nc2cccc[n+]2C)=C(O)c2sc(Cl)cc2S1(=O)=O. The van der Waals surface area contributed by atoms with Crippen LogP contribution in [0.4, 0.5) is 5.82 Å². The molecule has 7 nitrogen and oxygen atoms in total. The summed E-state index contributed by atoms with van der Waals surface area (Å²) >= 11 is 6.77. The number of hydrogen-bond acceptors (Lipinski definition) is 5. The predicted octanol–water partition coefficient (Wildman–Crippen LogP) is 1.73. The normalized spacial score (nSPS) is 16.0. The zero-order chi connectivity index (χ0) is 17.6. The van der Waals surface area contributed by atoms with Crippen molar-refractivity contribution in [3.05, 3.63) is 45.4 Å². The van der Waals surface area contributed by atoms with Crippen LogP contribution in [0.1, 0.15) is 4.88 Å². The first-order chi connectivity index (χ1) is 11.2. The van der Waals surface area contributed by atoms with Crippen molar-refractivity contribution in [3.63, 3.8) is 0 Å². The van der Waals surface area contributed by atoms with Gasteiger partial charge in [0.05, 0.1) is 22.5 Å². The van der Waals surface area contributed by atoms with Crippen LogP contribution in [0.2, 0.25) is 4.34 Å². The standard InChI is InChI=1S/C14H12ClN3O4S2/c1-17-6-4-3-5-10(17)16-14(20)11-12(19)13-8(7-9(15)23-13)24(21,22)18(11)2/h3-7H,1-2H3,(H,19,20)/p+1. The van der Waals surface area contributed by atoms with Crippen LogP contribution in [-0.2, 0) is 21.9 Å². The number of nitrogens with zero attached hydrogens (tertiary/aromatic N) is 2. The summed E-state index contributed by atoms with van der Waals surface area (Å²) in [6.45, 7) is 0. The van der Waals surface area contributed by atoms with Gasteiger partial charge in [-0.2, -0.15) is 0 Å². The fourth-order valence-corrected chi connectivity index (χ4v) is 5.25. The van der Waals surface area contributed by atoms with Gasteiger partial charge in [0, 0.05) is 13.1 Å². The van der Waals surface area contributed by atoms with E-state index >= 15 is 0 Å². The third-order valence-corrected chi connectivity index (χ3v) is 6.75. The minimum Gasteiger partial charge on any atom is -0.504 e. The van der Waals surface area contributed by atoms with Crippen LogP contribution in [0.3, 0.4) is 0 Å². The molecule has 0 radical (unpaired) electrons. The second-order valence-corrected chi connectivity index (χ2v) is 8.69. The zero-order valence-corrected chi connectivity index (χ0v) is 15.0. The van der Waals surface area contributed by atoms with Gasteiger partial charge in [0.15, 0.2) is 11.5 Å². The van der Waals surface area contributed by atoms with Crippen LogP contribution in [0, 0.1) is 0 Å². The summed E-state index contributed by atoms with van der Waals surface area (Å²) in [6, 6.07) is 6.42. The Morgan fingerprint density at radius 3 is 2.79 bits per heavy atom. The number of aromatic nitrogens is 1. The number of pyridine rings is 1. The van der Waals surface area contributed by atoms with E-state index in [0.717, 1.165) is 15.6 Å².